The summed E-state index contributed by atoms with van der Waals surface area (Å²) >= 11 is 0. The van der Waals surface area contributed by atoms with Crippen molar-refractivity contribution < 1.29 is 0 Å². The third-order valence-corrected chi connectivity index (χ3v) is 10.7. The van der Waals surface area contributed by atoms with E-state index in [0.717, 1.165) is 34.0 Å². The van der Waals surface area contributed by atoms with Gasteiger partial charge in [-0.1, -0.05) is 153 Å². The summed E-state index contributed by atoms with van der Waals surface area (Å²) in [6.07, 6.45) is 0. The molecule has 0 saturated heterocycles. The van der Waals surface area contributed by atoms with Gasteiger partial charge in [-0.25, -0.2) is 0 Å². The normalized spacial score (nSPS) is 12.5. The first kappa shape index (κ1) is 32.3. The highest BCUT2D eigenvalue weighted by molar-refractivity contribution is 5.88. The maximum absolute atomic E-state index is 3.65. The summed E-state index contributed by atoms with van der Waals surface area (Å²) in [5.41, 5.74) is 17.9. The summed E-state index contributed by atoms with van der Waals surface area (Å²) in [5, 5.41) is 3.65. The van der Waals surface area contributed by atoms with Crippen LogP contribution in [0.4, 0.5) is 28.4 Å². The topological polar surface area (TPSA) is 15.3 Å². The van der Waals surface area contributed by atoms with Crippen LogP contribution in [0.2, 0.25) is 0 Å². The van der Waals surface area contributed by atoms with Crippen molar-refractivity contribution in [1.82, 2.24) is 0 Å². The lowest BCUT2D eigenvalue weighted by Crippen LogP contribution is -2.16. The molecule has 1 aliphatic rings. The van der Waals surface area contributed by atoms with Crippen molar-refractivity contribution in [2.75, 3.05) is 10.2 Å². The minimum atomic E-state index is -0.0907. The first-order valence-electron chi connectivity index (χ1n) is 18.3. The van der Waals surface area contributed by atoms with Crippen LogP contribution in [0.5, 0.6) is 0 Å². The van der Waals surface area contributed by atoms with E-state index in [4.69, 9.17) is 0 Å². The fraction of sp³-hybridized carbons (Fsp3) is 0.0588. The third-order valence-electron chi connectivity index (χ3n) is 10.7. The molecule has 0 aliphatic heterocycles. The molecule has 0 atom stereocenters. The summed E-state index contributed by atoms with van der Waals surface area (Å²) < 4.78 is 0. The number of anilines is 5. The molecule has 0 radical (unpaired) electrons. The fourth-order valence-corrected chi connectivity index (χ4v) is 7.88. The van der Waals surface area contributed by atoms with Crippen LogP contribution in [0.25, 0.3) is 44.5 Å². The van der Waals surface area contributed by atoms with Gasteiger partial charge in [0.25, 0.3) is 0 Å². The van der Waals surface area contributed by atoms with E-state index < -0.39 is 0 Å². The minimum absolute atomic E-state index is 0.0907. The molecule has 0 amide bonds. The molecule has 53 heavy (non-hydrogen) atoms. The molecule has 8 aromatic carbocycles. The maximum Gasteiger partial charge on any atom is 0.0465 e. The molecule has 0 unspecified atom stereocenters. The van der Waals surface area contributed by atoms with E-state index in [1.54, 1.807) is 0 Å². The van der Waals surface area contributed by atoms with Crippen molar-refractivity contribution in [2.45, 2.75) is 19.3 Å². The van der Waals surface area contributed by atoms with Crippen LogP contribution in [-0.2, 0) is 5.41 Å². The molecule has 2 heteroatoms. The van der Waals surface area contributed by atoms with Gasteiger partial charge in [-0.2, -0.15) is 0 Å². The number of nitrogens with one attached hydrogen (secondary N) is 1. The molecule has 254 valence electrons. The molecule has 1 N–H and O–H groups in total. The molecule has 0 fully saturated rings. The zero-order valence-corrected chi connectivity index (χ0v) is 30.0. The van der Waals surface area contributed by atoms with Crippen molar-refractivity contribution in [3.63, 3.8) is 0 Å². The van der Waals surface area contributed by atoms with Crippen molar-refractivity contribution >= 4 is 28.4 Å². The zero-order chi connectivity index (χ0) is 35.8. The lowest BCUT2D eigenvalue weighted by molar-refractivity contribution is 0.660. The minimum Gasteiger partial charge on any atom is -0.355 e. The quantitative estimate of drug-likeness (QED) is 0.172. The Kier molecular flexibility index (Phi) is 8.21. The van der Waals surface area contributed by atoms with E-state index in [0.29, 0.717) is 0 Å². The van der Waals surface area contributed by atoms with E-state index in [-0.39, 0.29) is 5.41 Å². The van der Waals surface area contributed by atoms with E-state index >= 15 is 0 Å². The standard InChI is InChI=1S/C51H40N2/c1-51(2)48-21-13-12-20-45(48)46-32-31-44(35-49(46)51)53(42-27-22-37(23-28-42)36-14-6-3-7-15-36)43-29-24-38(25-30-43)40-26-33-50(52-41-18-10-5-11-19-41)47(34-40)39-16-8-4-9-17-39/h3-35,52H,1-2H3. The first-order valence-corrected chi connectivity index (χ1v) is 18.3. The highest BCUT2D eigenvalue weighted by Crippen LogP contribution is 2.50. The van der Waals surface area contributed by atoms with Crippen LogP contribution in [0.1, 0.15) is 25.0 Å². The second-order valence-electron chi connectivity index (χ2n) is 14.3. The molecule has 0 saturated carbocycles. The van der Waals surface area contributed by atoms with Crippen molar-refractivity contribution in [3.8, 4) is 44.5 Å². The maximum atomic E-state index is 3.65. The Labute approximate surface area is 312 Å². The van der Waals surface area contributed by atoms with Crippen LogP contribution < -0.4 is 10.2 Å². The van der Waals surface area contributed by atoms with Gasteiger partial charge in [-0.15, -0.1) is 0 Å². The number of fused-ring (bicyclic) bond motifs is 3. The first-order chi connectivity index (χ1) is 26.0. The summed E-state index contributed by atoms with van der Waals surface area (Å²) in [7, 11) is 0. The van der Waals surface area contributed by atoms with E-state index in [1.165, 1.54) is 50.1 Å². The molecule has 0 bridgehead atoms. The molecule has 2 nitrogen and oxygen atoms in total. The molecule has 0 heterocycles. The Morgan fingerprint density at radius 2 is 0.849 bits per heavy atom. The molecule has 8 aromatic rings. The van der Waals surface area contributed by atoms with Crippen molar-refractivity contribution in [1.29, 1.82) is 0 Å². The zero-order valence-electron chi connectivity index (χ0n) is 30.0. The predicted octanol–water partition coefficient (Wildman–Crippen LogP) is 14.2. The Morgan fingerprint density at radius 3 is 1.51 bits per heavy atom. The van der Waals surface area contributed by atoms with Crippen LogP contribution in [0.3, 0.4) is 0 Å². The highest BCUT2D eigenvalue weighted by atomic mass is 15.1. The lowest BCUT2D eigenvalue weighted by atomic mass is 9.82. The Morgan fingerprint density at radius 1 is 0.358 bits per heavy atom. The molecular weight excluding hydrogens is 641 g/mol. The molecular formula is C51H40N2. The van der Waals surface area contributed by atoms with Gasteiger partial charge in [0.15, 0.2) is 0 Å². The largest absolute Gasteiger partial charge is 0.355 e. The lowest BCUT2D eigenvalue weighted by Gasteiger charge is -2.28. The van der Waals surface area contributed by atoms with Gasteiger partial charge in [-0.3, -0.25) is 0 Å². The number of rotatable bonds is 8. The van der Waals surface area contributed by atoms with E-state index in [2.05, 4.69) is 218 Å². The monoisotopic (exact) mass is 680 g/mol. The van der Waals surface area contributed by atoms with Crippen LogP contribution in [0.15, 0.2) is 200 Å². The molecule has 0 spiro atoms. The SMILES string of the molecule is CC1(C)c2ccccc2-c2ccc(N(c3ccc(-c4ccccc4)cc3)c3ccc(-c4ccc(Nc5ccccc5)c(-c5ccccc5)c4)cc3)cc21. The smallest absolute Gasteiger partial charge is 0.0465 e. The number of benzene rings is 8. The Balaban J connectivity index is 1.11. The summed E-state index contributed by atoms with van der Waals surface area (Å²) in [6, 6.07) is 72.1. The van der Waals surface area contributed by atoms with E-state index in [1.807, 2.05) is 6.07 Å². The van der Waals surface area contributed by atoms with Crippen LogP contribution in [-0.4, -0.2) is 0 Å². The van der Waals surface area contributed by atoms with Gasteiger partial charge in [0, 0.05) is 39.4 Å². The summed E-state index contributed by atoms with van der Waals surface area (Å²) in [6.45, 7) is 4.69. The van der Waals surface area contributed by atoms with Gasteiger partial charge < -0.3 is 10.2 Å². The number of hydrogen-bond donors (Lipinski definition) is 1. The van der Waals surface area contributed by atoms with Gasteiger partial charge in [0.2, 0.25) is 0 Å². The second kappa shape index (κ2) is 13.5. The summed E-state index contributed by atoms with van der Waals surface area (Å²) in [4.78, 5) is 2.39. The second-order valence-corrected chi connectivity index (χ2v) is 14.3. The number of para-hydroxylation sites is 1. The van der Waals surface area contributed by atoms with Crippen molar-refractivity contribution in [3.05, 3.63) is 211 Å². The molecule has 9 rings (SSSR count). The average Bonchev–Trinajstić information content (AvgIpc) is 3.45. The van der Waals surface area contributed by atoms with E-state index in [9.17, 15) is 0 Å². The molecule has 1 aliphatic carbocycles. The third kappa shape index (κ3) is 6.09. The Hall–Kier alpha value is -6.64. The van der Waals surface area contributed by atoms with Crippen LogP contribution >= 0.6 is 0 Å². The van der Waals surface area contributed by atoms with Gasteiger partial charge in [0.05, 0.1) is 0 Å². The average molecular weight is 681 g/mol. The molecule has 0 aromatic heterocycles. The number of nitrogens with zero attached hydrogens (tertiary/aromatic N) is 1. The predicted molar refractivity (Wildman–Crippen MR) is 225 cm³/mol. The van der Waals surface area contributed by atoms with Gasteiger partial charge in [-0.05, 0) is 111 Å². The summed E-state index contributed by atoms with van der Waals surface area (Å²) in [5.74, 6) is 0. The highest BCUT2D eigenvalue weighted by Gasteiger charge is 2.35. The number of hydrogen-bond acceptors (Lipinski definition) is 2. The van der Waals surface area contributed by atoms with Crippen molar-refractivity contribution in [2.24, 2.45) is 0 Å². The van der Waals surface area contributed by atoms with Gasteiger partial charge >= 0.3 is 0 Å². The Bertz CT molecular complexity index is 2520. The fourth-order valence-electron chi connectivity index (χ4n) is 7.88. The van der Waals surface area contributed by atoms with Crippen LogP contribution in [0, 0.1) is 0 Å². The van der Waals surface area contributed by atoms with Gasteiger partial charge in [0.1, 0.15) is 0 Å².